The van der Waals surface area contributed by atoms with Crippen LogP contribution < -0.4 is 22.1 Å². The van der Waals surface area contributed by atoms with Crippen molar-refractivity contribution >= 4 is 23.3 Å². The van der Waals surface area contributed by atoms with Crippen LogP contribution in [-0.4, -0.2) is 18.0 Å². The molecule has 1 aromatic carbocycles. The van der Waals surface area contributed by atoms with Gasteiger partial charge < -0.3 is 22.1 Å². The van der Waals surface area contributed by atoms with Gasteiger partial charge in [-0.3, -0.25) is 4.79 Å². The number of benzene rings is 1. The number of primary amides is 1. The topological polar surface area (TPSA) is 110 Å². The van der Waals surface area contributed by atoms with E-state index < -0.39 is 12.1 Å². The van der Waals surface area contributed by atoms with Gasteiger partial charge in [-0.25, -0.2) is 4.79 Å². The summed E-state index contributed by atoms with van der Waals surface area (Å²) in [5.74, 6) is -0.274. The quantitative estimate of drug-likeness (QED) is 0.663. The van der Waals surface area contributed by atoms with E-state index in [4.69, 9.17) is 11.5 Å². The maximum atomic E-state index is 11.9. The van der Waals surface area contributed by atoms with Crippen LogP contribution in [0.15, 0.2) is 24.3 Å². The minimum atomic E-state index is -0.658. The van der Waals surface area contributed by atoms with E-state index in [0.29, 0.717) is 11.4 Å². The molecule has 104 valence electrons. The van der Waals surface area contributed by atoms with Crippen LogP contribution in [0.1, 0.15) is 20.8 Å². The van der Waals surface area contributed by atoms with Crippen LogP contribution in [0.3, 0.4) is 0 Å². The van der Waals surface area contributed by atoms with Crippen LogP contribution in [0.25, 0.3) is 0 Å². The Hall–Kier alpha value is -2.08. The van der Waals surface area contributed by atoms with Crippen molar-refractivity contribution in [1.82, 2.24) is 0 Å². The molecule has 3 amide bonds. The largest absolute Gasteiger partial charge is 0.351 e. The summed E-state index contributed by atoms with van der Waals surface area (Å²) in [4.78, 5) is 22.7. The normalized spacial score (nSPS) is 12.6. The molecule has 6 heteroatoms. The lowest BCUT2D eigenvalue weighted by Crippen LogP contribution is -2.45. The Morgan fingerprint density at radius 2 is 1.68 bits per heavy atom. The molecule has 0 aliphatic carbocycles. The van der Waals surface area contributed by atoms with Gasteiger partial charge in [0.2, 0.25) is 5.91 Å². The van der Waals surface area contributed by atoms with E-state index >= 15 is 0 Å². The molecule has 0 aromatic heterocycles. The number of amides is 3. The molecule has 0 unspecified atom stereocenters. The fourth-order valence-electron chi connectivity index (χ4n) is 1.43. The maximum absolute atomic E-state index is 11.9. The summed E-state index contributed by atoms with van der Waals surface area (Å²) in [5.41, 5.74) is 11.6. The SMILES string of the molecule is CC(C)(C)[C@H](N)C(=O)Nc1cccc(NC(N)=O)c1. The molecule has 0 heterocycles. The summed E-state index contributed by atoms with van der Waals surface area (Å²) in [7, 11) is 0. The minimum Gasteiger partial charge on any atom is -0.351 e. The molecule has 6 N–H and O–H groups in total. The molecule has 1 atom stereocenters. The van der Waals surface area contributed by atoms with Gasteiger partial charge in [0.15, 0.2) is 0 Å². The van der Waals surface area contributed by atoms with Gasteiger partial charge in [0.1, 0.15) is 0 Å². The number of anilines is 2. The van der Waals surface area contributed by atoms with Crippen molar-refractivity contribution in [2.45, 2.75) is 26.8 Å². The van der Waals surface area contributed by atoms with Crippen molar-refractivity contribution in [3.63, 3.8) is 0 Å². The number of rotatable bonds is 3. The molecule has 1 aromatic rings. The number of hydrogen-bond donors (Lipinski definition) is 4. The van der Waals surface area contributed by atoms with Crippen LogP contribution in [0.5, 0.6) is 0 Å². The summed E-state index contributed by atoms with van der Waals surface area (Å²) in [6, 6.07) is 5.40. The molecule has 0 fully saturated rings. The zero-order valence-corrected chi connectivity index (χ0v) is 11.4. The van der Waals surface area contributed by atoms with Crippen molar-refractivity contribution in [2.75, 3.05) is 10.6 Å². The smallest absolute Gasteiger partial charge is 0.316 e. The molecule has 0 saturated heterocycles. The molecule has 0 radical (unpaired) electrons. The maximum Gasteiger partial charge on any atom is 0.316 e. The summed E-state index contributed by atoms with van der Waals surface area (Å²) < 4.78 is 0. The van der Waals surface area contributed by atoms with Crippen LogP contribution in [-0.2, 0) is 4.79 Å². The minimum absolute atomic E-state index is 0.274. The Kier molecular flexibility index (Phi) is 4.50. The van der Waals surface area contributed by atoms with Gasteiger partial charge in [0.05, 0.1) is 6.04 Å². The molecule has 0 bridgehead atoms. The molecule has 0 spiro atoms. The van der Waals surface area contributed by atoms with Crippen LogP contribution in [0, 0.1) is 5.41 Å². The molecule has 0 aliphatic rings. The average Bonchev–Trinajstić information content (AvgIpc) is 2.26. The van der Waals surface area contributed by atoms with Crippen molar-refractivity contribution in [3.8, 4) is 0 Å². The third-order valence-corrected chi connectivity index (χ3v) is 2.61. The summed E-state index contributed by atoms with van der Waals surface area (Å²) >= 11 is 0. The highest BCUT2D eigenvalue weighted by atomic mass is 16.2. The van der Waals surface area contributed by atoms with Gasteiger partial charge in [0, 0.05) is 11.4 Å². The van der Waals surface area contributed by atoms with E-state index in [1.165, 1.54) is 0 Å². The molecule has 0 saturated carbocycles. The first-order valence-corrected chi connectivity index (χ1v) is 5.93. The number of hydrogen-bond acceptors (Lipinski definition) is 3. The first-order chi connectivity index (χ1) is 8.70. The third-order valence-electron chi connectivity index (χ3n) is 2.61. The Morgan fingerprint density at radius 1 is 1.16 bits per heavy atom. The van der Waals surface area contributed by atoms with E-state index in [1.807, 2.05) is 20.8 Å². The number of nitrogens with two attached hydrogens (primary N) is 2. The van der Waals surface area contributed by atoms with Crippen LogP contribution in [0.2, 0.25) is 0 Å². The van der Waals surface area contributed by atoms with Gasteiger partial charge in [-0.15, -0.1) is 0 Å². The Balaban J connectivity index is 2.77. The van der Waals surface area contributed by atoms with Crippen molar-refractivity contribution in [3.05, 3.63) is 24.3 Å². The zero-order valence-electron chi connectivity index (χ0n) is 11.4. The highest BCUT2D eigenvalue weighted by Crippen LogP contribution is 2.20. The van der Waals surface area contributed by atoms with Gasteiger partial charge in [-0.05, 0) is 23.6 Å². The van der Waals surface area contributed by atoms with E-state index in [-0.39, 0.29) is 11.3 Å². The van der Waals surface area contributed by atoms with Crippen molar-refractivity contribution < 1.29 is 9.59 Å². The Labute approximate surface area is 112 Å². The van der Waals surface area contributed by atoms with Crippen LogP contribution in [0.4, 0.5) is 16.2 Å². The lowest BCUT2D eigenvalue weighted by Gasteiger charge is -2.25. The molecule has 6 nitrogen and oxygen atoms in total. The van der Waals surface area contributed by atoms with Crippen LogP contribution >= 0.6 is 0 Å². The standard InChI is InChI=1S/C13H20N4O2/c1-13(2,3)10(14)11(18)16-8-5-4-6-9(7-8)17-12(15)19/h4-7,10H,14H2,1-3H3,(H,16,18)(H3,15,17,19)/t10-/m1/s1. The Morgan fingerprint density at radius 3 is 2.16 bits per heavy atom. The van der Waals surface area contributed by atoms with E-state index in [1.54, 1.807) is 24.3 Å². The fourth-order valence-corrected chi connectivity index (χ4v) is 1.43. The van der Waals surface area contributed by atoms with E-state index in [2.05, 4.69) is 10.6 Å². The van der Waals surface area contributed by atoms with Gasteiger partial charge >= 0.3 is 6.03 Å². The molecule has 1 rings (SSSR count). The lowest BCUT2D eigenvalue weighted by atomic mass is 9.87. The monoisotopic (exact) mass is 264 g/mol. The van der Waals surface area contributed by atoms with Crippen molar-refractivity contribution in [1.29, 1.82) is 0 Å². The summed E-state index contributed by atoms with van der Waals surface area (Å²) in [6.45, 7) is 5.67. The molecular formula is C13H20N4O2. The third kappa shape index (κ3) is 4.59. The number of carbonyl (C=O) groups excluding carboxylic acids is 2. The highest BCUT2D eigenvalue weighted by molar-refractivity contribution is 5.96. The average molecular weight is 264 g/mol. The number of urea groups is 1. The van der Waals surface area contributed by atoms with E-state index in [9.17, 15) is 9.59 Å². The fraction of sp³-hybridized carbons (Fsp3) is 0.385. The second-order valence-corrected chi connectivity index (χ2v) is 5.40. The second-order valence-electron chi connectivity index (χ2n) is 5.40. The predicted molar refractivity (Wildman–Crippen MR) is 75.7 cm³/mol. The Bertz CT molecular complexity index is 480. The summed E-state index contributed by atoms with van der Waals surface area (Å²) in [5, 5.41) is 5.14. The molecule has 0 aliphatic heterocycles. The molecule has 19 heavy (non-hydrogen) atoms. The van der Waals surface area contributed by atoms with Gasteiger partial charge in [0.25, 0.3) is 0 Å². The highest BCUT2D eigenvalue weighted by Gasteiger charge is 2.27. The zero-order chi connectivity index (χ0) is 14.6. The first kappa shape index (κ1) is 15.0. The van der Waals surface area contributed by atoms with Gasteiger partial charge in [-0.1, -0.05) is 26.8 Å². The number of carbonyl (C=O) groups is 2. The van der Waals surface area contributed by atoms with Crippen molar-refractivity contribution in [2.24, 2.45) is 16.9 Å². The lowest BCUT2D eigenvalue weighted by molar-refractivity contribution is -0.119. The number of nitrogens with one attached hydrogen (secondary N) is 2. The molecular weight excluding hydrogens is 244 g/mol. The summed E-state index contributed by atoms with van der Waals surface area (Å²) in [6.07, 6.45) is 0. The predicted octanol–water partition coefficient (Wildman–Crippen LogP) is 1.49. The van der Waals surface area contributed by atoms with E-state index in [0.717, 1.165) is 0 Å². The first-order valence-electron chi connectivity index (χ1n) is 5.93. The van der Waals surface area contributed by atoms with Gasteiger partial charge in [-0.2, -0.15) is 0 Å². The second kappa shape index (κ2) is 5.71.